The Labute approximate surface area is 167 Å². The van der Waals surface area contributed by atoms with Gasteiger partial charge in [-0.1, -0.05) is 79.7 Å². The first-order chi connectivity index (χ1) is 13.7. The van der Waals surface area contributed by atoms with Crippen LogP contribution >= 0.6 is 0 Å². The van der Waals surface area contributed by atoms with Crippen molar-refractivity contribution in [2.75, 3.05) is 5.32 Å². The molecule has 0 spiro atoms. The van der Waals surface area contributed by atoms with Gasteiger partial charge in [-0.15, -0.1) is 0 Å². The van der Waals surface area contributed by atoms with Gasteiger partial charge in [0.05, 0.1) is 0 Å². The maximum absolute atomic E-state index is 3.52. The van der Waals surface area contributed by atoms with E-state index in [-0.39, 0.29) is 0 Å². The van der Waals surface area contributed by atoms with Gasteiger partial charge in [0.15, 0.2) is 0 Å². The van der Waals surface area contributed by atoms with E-state index in [1.54, 1.807) is 0 Å². The normalized spacial score (nSPS) is 11.2. The van der Waals surface area contributed by atoms with Crippen LogP contribution in [0, 0.1) is 6.92 Å². The quantitative estimate of drug-likeness (QED) is 0.379. The summed E-state index contributed by atoms with van der Waals surface area (Å²) in [5.41, 5.74) is 7.34. The lowest BCUT2D eigenvalue weighted by atomic mass is 9.96. The number of hydrogen-bond donors (Lipinski definition) is 1. The van der Waals surface area contributed by atoms with Crippen LogP contribution in [0.3, 0.4) is 0 Å². The summed E-state index contributed by atoms with van der Waals surface area (Å²) >= 11 is 0. The largest absolute Gasteiger partial charge is 0.356 e. The summed E-state index contributed by atoms with van der Waals surface area (Å²) in [6, 6.07) is 30.1. The molecule has 0 fully saturated rings. The molecule has 138 valence electrons. The number of hydrogen-bond acceptors (Lipinski definition) is 1. The molecule has 4 rings (SSSR count). The Morgan fingerprint density at radius 2 is 1.50 bits per heavy atom. The van der Waals surface area contributed by atoms with Gasteiger partial charge in [0.1, 0.15) is 0 Å². The van der Waals surface area contributed by atoms with Crippen LogP contribution in [0.5, 0.6) is 0 Å². The first-order valence-electron chi connectivity index (χ1n) is 9.87. The Balaban J connectivity index is 1.58. The average Bonchev–Trinajstić information content (AvgIpc) is 2.74. The fourth-order valence-corrected chi connectivity index (χ4v) is 3.56. The van der Waals surface area contributed by atoms with Gasteiger partial charge in [0.2, 0.25) is 0 Å². The number of fused-ring (bicyclic) bond motifs is 1. The van der Waals surface area contributed by atoms with E-state index in [2.05, 4.69) is 116 Å². The molecule has 0 aromatic heterocycles. The summed E-state index contributed by atoms with van der Waals surface area (Å²) in [6.07, 6.45) is 5.48. The van der Waals surface area contributed by atoms with Crippen molar-refractivity contribution in [3.63, 3.8) is 0 Å². The molecule has 0 aliphatic carbocycles. The lowest BCUT2D eigenvalue weighted by Gasteiger charge is -2.11. The fourth-order valence-electron chi connectivity index (χ4n) is 3.56. The van der Waals surface area contributed by atoms with Crippen molar-refractivity contribution in [3.8, 4) is 11.1 Å². The van der Waals surface area contributed by atoms with Gasteiger partial charge >= 0.3 is 0 Å². The number of rotatable bonds is 5. The molecular formula is C27H25N. The van der Waals surface area contributed by atoms with Crippen molar-refractivity contribution in [2.45, 2.75) is 20.3 Å². The maximum atomic E-state index is 3.52. The van der Waals surface area contributed by atoms with E-state index in [0.29, 0.717) is 0 Å². The molecule has 4 aromatic carbocycles. The predicted octanol–water partition coefficient (Wildman–Crippen LogP) is 7.98. The highest BCUT2D eigenvalue weighted by molar-refractivity contribution is 5.86. The molecule has 0 heterocycles. The number of anilines is 2. The highest BCUT2D eigenvalue weighted by Crippen LogP contribution is 2.29. The fraction of sp³-hybridized carbons (Fsp3) is 0.111. The number of benzene rings is 4. The summed E-state index contributed by atoms with van der Waals surface area (Å²) in [5.74, 6) is 0. The average molecular weight is 364 g/mol. The third kappa shape index (κ3) is 3.84. The van der Waals surface area contributed by atoms with Gasteiger partial charge in [-0.05, 0) is 70.6 Å². The molecule has 0 saturated heterocycles. The van der Waals surface area contributed by atoms with Crippen molar-refractivity contribution in [2.24, 2.45) is 0 Å². The van der Waals surface area contributed by atoms with E-state index in [0.717, 1.165) is 17.8 Å². The molecule has 1 nitrogen and oxygen atoms in total. The van der Waals surface area contributed by atoms with Crippen molar-refractivity contribution < 1.29 is 0 Å². The lowest BCUT2D eigenvalue weighted by Crippen LogP contribution is -1.91. The highest BCUT2D eigenvalue weighted by Gasteiger charge is 2.05. The first kappa shape index (κ1) is 18.1. The van der Waals surface area contributed by atoms with Crippen LogP contribution in [-0.2, 0) is 0 Å². The van der Waals surface area contributed by atoms with E-state index in [1.807, 2.05) is 0 Å². The Bertz CT molecular complexity index is 1120. The van der Waals surface area contributed by atoms with E-state index in [1.165, 1.54) is 33.0 Å². The molecular weight excluding hydrogens is 338 g/mol. The molecule has 0 amide bonds. The zero-order chi connectivity index (χ0) is 19.3. The van der Waals surface area contributed by atoms with Gasteiger partial charge in [-0.2, -0.15) is 0 Å². The van der Waals surface area contributed by atoms with Gasteiger partial charge in [0, 0.05) is 11.4 Å². The van der Waals surface area contributed by atoms with Crippen LogP contribution in [0.2, 0.25) is 0 Å². The molecule has 4 aromatic rings. The molecule has 1 heteroatoms. The summed E-state index contributed by atoms with van der Waals surface area (Å²) in [6.45, 7) is 4.36. The minimum Gasteiger partial charge on any atom is -0.356 e. The summed E-state index contributed by atoms with van der Waals surface area (Å²) < 4.78 is 0. The van der Waals surface area contributed by atoms with E-state index >= 15 is 0 Å². The monoisotopic (exact) mass is 363 g/mol. The third-order valence-electron chi connectivity index (χ3n) is 5.14. The van der Waals surface area contributed by atoms with Crippen LogP contribution < -0.4 is 5.32 Å². The molecule has 0 saturated carbocycles. The van der Waals surface area contributed by atoms with Crippen LogP contribution in [0.25, 0.3) is 28.0 Å². The summed E-state index contributed by atoms with van der Waals surface area (Å²) in [4.78, 5) is 0. The molecule has 0 aliphatic heterocycles. The summed E-state index contributed by atoms with van der Waals surface area (Å²) in [7, 11) is 0. The predicted molar refractivity (Wildman–Crippen MR) is 123 cm³/mol. The van der Waals surface area contributed by atoms with Gasteiger partial charge < -0.3 is 5.32 Å². The van der Waals surface area contributed by atoms with Crippen LogP contribution in [0.15, 0.2) is 91.0 Å². The Hall–Kier alpha value is -3.32. The van der Waals surface area contributed by atoms with Crippen LogP contribution in [0.1, 0.15) is 24.5 Å². The second-order valence-electron chi connectivity index (χ2n) is 7.09. The van der Waals surface area contributed by atoms with E-state index < -0.39 is 0 Å². The molecule has 0 aliphatic rings. The number of nitrogens with one attached hydrogen (secondary N) is 1. The Kier molecular flexibility index (Phi) is 5.25. The second-order valence-corrected chi connectivity index (χ2v) is 7.09. The minimum atomic E-state index is 1.05. The zero-order valence-corrected chi connectivity index (χ0v) is 16.4. The molecule has 1 N–H and O–H groups in total. The topological polar surface area (TPSA) is 12.0 Å². The van der Waals surface area contributed by atoms with Gasteiger partial charge in [-0.3, -0.25) is 0 Å². The molecule has 0 radical (unpaired) electrons. The highest BCUT2D eigenvalue weighted by atomic mass is 14.9. The second kappa shape index (κ2) is 8.14. The SMILES string of the molecule is CC/C=C\c1cccc(-c2ccc(Nc3ccc4ccccc4c3)cc2)c1C. The van der Waals surface area contributed by atoms with Crippen molar-refractivity contribution in [1.29, 1.82) is 0 Å². The zero-order valence-electron chi connectivity index (χ0n) is 16.4. The van der Waals surface area contributed by atoms with E-state index in [4.69, 9.17) is 0 Å². The molecule has 0 bridgehead atoms. The Morgan fingerprint density at radius 3 is 2.29 bits per heavy atom. The van der Waals surface area contributed by atoms with Gasteiger partial charge in [-0.25, -0.2) is 0 Å². The van der Waals surface area contributed by atoms with Crippen LogP contribution in [-0.4, -0.2) is 0 Å². The van der Waals surface area contributed by atoms with Gasteiger partial charge in [0.25, 0.3) is 0 Å². The summed E-state index contributed by atoms with van der Waals surface area (Å²) in [5, 5.41) is 6.02. The van der Waals surface area contributed by atoms with Crippen molar-refractivity contribution >= 4 is 28.2 Å². The maximum Gasteiger partial charge on any atom is 0.0390 e. The third-order valence-corrected chi connectivity index (χ3v) is 5.14. The molecule has 28 heavy (non-hydrogen) atoms. The minimum absolute atomic E-state index is 1.05. The molecule has 0 unspecified atom stereocenters. The van der Waals surface area contributed by atoms with E-state index in [9.17, 15) is 0 Å². The standard InChI is InChI=1S/C27H25N/c1-3-4-8-21-11-7-12-27(20(21)2)23-14-16-25(17-15-23)28-26-18-13-22-9-5-6-10-24(22)19-26/h4-19,28H,3H2,1-2H3/b8-4-. The first-order valence-corrected chi connectivity index (χ1v) is 9.87. The van der Waals surface area contributed by atoms with Crippen LogP contribution in [0.4, 0.5) is 11.4 Å². The van der Waals surface area contributed by atoms with Crippen molar-refractivity contribution in [1.82, 2.24) is 0 Å². The lowest BCUT2D eigenvalue weighted by molar-refractivity contribution is 1.23. The Morgan fingerprint density at radius 1 is 0.750 bits per heavy atom. The van der Waals surface area contributed by atoms with Crippen molar-refractivity contribution in [3.05, 3.63) is 102 Å². The smallest absolute Gasteiger partial charge is 0.0390 e. The molecule has 0 atom stereocenters. The number of allylic oxidation sites excluding steroid dienone is 1.